The van der Waals surface area contributed by atoms with Crippen molar-refractivity contribution in [3.05, 3.63) is 29.8 Å². The van der Waals surface area contributed by atoms with Crippen LogP contribution in [-0.4, -0.2) is 89.0 Å². The fourth-order valence-corrected chi connectivity index (χ4v) is 5.50. The second-order valence-corrected chi connectivity index (χ2v) is 13.9. The Balaban J connectivity index is 2.33. The van der Waals surface area contributed by atoms with Gasteiger partial charge in [0.25, 0.3) is 0 Å². The summed E-state index contributed by atoms with van der Waals surface area (Å²) in [6.45, 7) is 3.83. The van der Waals surface area contributed by atoms with E-state index >= 15 is 0 Å². The number of phosphoric acid groups is 1. The number of methoxy groups -OCH3 is 1. The molecule has 0 amide bonds. The second kappa shape index (κ2) is 24.0. The van der Waals surface area contributed by atoms with Crippen molar-refractivity contribution in [1.29, 1.82) is 0 Å². The summed E-state index contributed by atoms with van der Waals surface area (Å²) >= 11 is 0. The maximum absolute atomic E-state index is 12.6. The standard InChI is InChI=1S/C33H61N2O7P/c1-6-7-8-9-10-11-12-13-14-15-16-17-18-19-25-40-29-32(42-43(37,38)41-26-24-35(2,3)4)27-34-28-33(36)30-20-22-31(39-5)23-21-30/h20-23,32,34H,6-19,24-29H2,1-5H3/p+1. The molecule has 10 heteroatoms. The molecule has 0 spiro atoms. The summed E-state index contributed by atoms with van der Waals surface area (Å²) in [6, 6.07) is 6.89. The number of hydrogen-bond acceptors (Lipinski definition) is 7. The lowest BCUT2D eigenvalue weighted by Gasteiger charge is -2.25. The number of likely N-dealkylation sites (N-methyl/N-ethyl adjacent to an activating group) is 1. The van der Waals surface area contributed by atoms with Gasteiger partial charge in [0.1, 0.15) is 25.0 Å². The van der Waals surface area contributed by atoms with Crippen molar-refractivity contribution in [2.45, 2.75) is 103 Å². The van der Waals surface area contributed by atoms with E-state index in [1.165, 1.54) is 77.0 Å². The average Bonchev–Trinajstić information content (AvgIpc) is 2.95. The van der Waals surface area contributed by atoms with Gasteiger partial charge in [-0.2, -0.15) is 0 Å². The first-order valence-electron chi connectivity index (χ1n) is 16.5. The number of nitrogens with zero attached hydrogens (tertiary/aromatic N) is 1. The molecule has 0 radical (unpaired) electrons. The van der Waals surface area contributed by atoms with E-state index in [2.05, 4.69) is 12.2 Å². The Morgan fingerprint density at radius 2 is 1.40 bits per heavy atom. The molecule has 0 aromatic heterocycles. The molecule has 43 heavy (non-hydrogen) atoms. The van der Waals surface area contributed by atoms with E-state index in [0.717, 1.165) is 12.8 Å². The molecule has 250 valence electrons. The predicted octanol–water partition coefficient (Wildman–Crippen LogP) is 7.17. The highest BCUT2D eigenvalue weighted by Crippen LogP contribution is 2.44. The van der Waals surface area contributed by atoms with E-state index in [0.29, 0.717) is 28.9 Å². The lowest BCUT2D eigenvalue weighted by atomic mass is 10.0. The van der Waals surface area contributed by atoms with Gasteiger partial charge in [-0.1, -0.05) is 90.4 Å². The number of benzene rings is 1. The molecule has 1 aromatic carbocycles. The lowest BCUT2D eigenvalue weighted by Crippen LogP contribution is -2.38. The number of Topliss-reactive ketones (excluding diaryl/α,β-unsaturated/α-hetero) is 1. The molecule has 9 nitrogen and oxygen atoms in total. The molecule has 0 heterocycles. The number of rotatable bonds is 29. The monoisotopic (exact) mass is 629 g/mol. The molecule has 0 saturated heterocycles. The van der Waals surface area contributed by atoms with E-state index in [-0.39, 0.29) is 32.1 Å². The van der Waals surface area contributed by atoms with E-state index < -0.39 is 13.9 Å². The highest BCUT2D eigenvalue weighted by atomic mass is 31.2. The van der Waals surface area contributed by atoms with E-state index in [9.17, 15) is 14.3 Å². The van der Waals surface area contributed by atoms with Gasteiger partial charge in [0, 0.05) is 18.7 Å². The van der Waals surface area contributed by atoms with Crippen LogP contribution in [0.4, 0.5) is 0 Å². The molecule has 0 saturated carbocycles. The van der Waals surface area contributed by atoms with Crippen molar-refractivity contribution in [3.8, 4) is 5.75 Å². The van der Waals surface area contributed by atoms with Crippen molar-refractivity contribution in [2.24, 2.45) is 0 Å². The number of ketones is 1. The van der Waals surface area contributed by atoms with Crippen LogP contribution in [0.2, 0.25) is 0 Å². The van der Waals surface area contributed by atoms with Gasteiger partial charge in [-0.15, -0.1) is 0 Å². The van der Waals surface area contributed by atoms with Crippen LogP contribution < -0.4 is 10.1 Å². The highest BCUT2D eigenvalue weighted by Gasteiger charge is 2.28. The maximum Gasteiger partial charge on any atom is 0.472 e. The van der Waals surface area contributed by atoms with Crippen LogP contribution >= 0.6 is 7.82 Å². The first-order chi connectivity index (χ1) is 20.6. The number of phosphoric ester groups is 1. The summed E-state index contributed by atoms with van der Waals surface area (Å²) in [4.78, 5) is 22.9. The Kier molecular flexibility index (Phi) is 22.1. The zero-order valence-electron chi connectivity index (χ0n) is 27.8. The zero-order chi connectivity index (χ0) is 31.8. The zero-order valence-corrected chi connectivity index (χ0v) is 28.7. The third-order valence-corrected chi connectivity index (χ3v) is 8.39. The van der Waals surface area contributed by atoms with Crippen molar-refractivity contribution in [3.63, 3.8) is 0 Å². The van der Waals surface area contributed by atoms with Gasteiger partial charge in [-0.05, 0) is 30.7 Å². The first-order valence-corrected chi connectivity index (χ1v) is 18.0. The molecule has 2 N–H and O–H groups in total. The van der Waals surface area contributed by atoms with Crippen molar-refractivity contribution in [1.82, 2.24) is 5.32 Å². The minimum absolute atomic E-state index is 0.0588. The minimum atomic E-state index is -4.29. The molecule has 1 aromatic rings. The Bertz CT molecular complexity index is 877. The van der Waals surface area contributed by atoms with Crippen LogP contribution in [0.1, 0.15) is 107 Å². The van der Waals surface area contributed by atoms with Gasteiger partial charge in [-0.3, -0.25) is 13.8 Å². The Hall–Kier alpha value is -1.32. The molecule has 1 rings (SSSR count). The number of unbranched alkanes of at least 4 members (excludes halogenated alkanes) is 13. The van der Waals surface area contributed by atoms with Gasteiger partial charge in [0.15, 0.2) is 5.78 Å². The highest BCUT2D eigenvalue weighted by molar-refractivity contribution is 7.47. The van der Waals surface area contributed by atoms with Crippen LogP contribution in [-0.2, 0) is 18.3 Å². The summed E-state index contributed by atoms with van der Waals surface area (Å²) in [5.74, 6) is 0.578. The maximum atomic E-state index is 12.6. The van der Waals surface area contributed by atoms with E-state index in [1.807, 2.05) is 21.1 Å². The van der Waals surface area contributed by atoms with E-state index in [4.69, 9.17) is 18.5 Å². The minimum Gasteiger partial charge on any atom is -0.497 e. The Labute approximate surface area is 262 Å². The van der Waals surface area contributed by atoms with Crippen LogP contribution in [0.15, 0.2) is 24.3 Å². The SMILES string of the molecule is CCCCCCCCCCCCCCCCOCC(CNCC(=O)c1ccc(OC)cc1)OP(=O)(O)OCC[N+](C)(C)C. The molecule has 2 atom stereocenters. The van der Waals surface area contributed by atoms with Gasteiger partial charge in [0.2, 0.25) is 0 Å². The van der Waals surface area contributed by atoms with Crippen molar-refractivity contribution < 1.29 is 37.3 Å². The molecular formula is C33H62N2O7P+. The molecule has 0 aliphatic carbocycles. The van der Waals surface area contributed by atoms with Crippen LogP contribution in [0.3, 0.4) is 0 Å². The second-order valence-electron chi connectivity index (χ2n) is 12.5. The van der Waals surface area contributed by atoms with Gasteiger partial charge in [0.05, 0.1) is 41.4 Å². The van der Waals surface area contributed by atoms with E-state index in [1.54, 1.807) is 31.4 Å². The molecular weight excluding hydrogens is 567 g/mol. The smallest absolute Gasteiger partial charge is 0.472 e. The van der Waals surface area contributed by atoms with Gasteiger partial charge >= 0.3 is 7.82 Å². The molecule has 0 fully saturated rings. The summed E-state index contributed by atoms with van der Waals surface area (Å²) in [6.07, 6.45) is 17.4. The van der Waals surface area contributed by atoms with Crippen LogP contribution in [0.5, 0.6) is 5.75 Å². The Morgan fingerprint density at radius 3 is 1.91 bits per heavy atom. The van der Waals surface area contributed by atoms with Crippen molar-refractivity contribution in [2.75, 3.05) is 67.7 Å². The summed E-state index contributed by atoms with van der Waals surface area (Å²) in [5.41, 5.74) is 0.552. The third kappa shape index (κ3) is 22.8. The molecule has 0 aliphatic rings. The summed E-state index contributed by atoms with van der Waals surface area (Å²) < 4.78 is 34.8. The number of nitrogens with one attached hydrogen (secondary N) is 1. The number of hydrogen-bond donors (Lipinski definition) is 2. The number of quaternary nitrogens is 1. The molecule has 0 bridgehead atoms. The first kappa shape index (κ1) is 39.7. The summed E-state index contributed by atoms with van der Waals surface area (Å²) in [5, 5.41) is 3.04. The topological polar surface area (TPSA) is 103 Å². The number of ether oxygens (including phenoxy) is 2. The quantitative estimate of drug-likeness (QED) is 0.0416. The van der Waals surface area contributed by atoms with Gasteiger partial charge < -0.3 is 24.2 Å². The Morgan fingerprint density at radius 1 is 0.860 bits per heavy atom. The fraction of sp³-hybridized carbons (Fsp3) is 0.788. The average molecular weight is 630 g/mol. The van der Waals surface area contributed by atoms with Crippen LogP contribution in [0, 0.1) is 0 Å². The lowest BCUT2D eigenvalue weighted by molar-refractivity contribution is -0.870. The number of carbonyl (C=O) groups excluding carboxylic acids is 1. The summed E-state index contributed by atoms with van der Waals surface area (Å²) in [7, 11) is 3.22. The molecule has 2 unspecified atom stereocenters. The van der Waals surface area contributed by atoms with Gasteiger partial charge in [-0.25, -0.2) is 4.57 Å². The largest absolute Gasteiger partial charge is 0.497 e. The predicted molar refractivity (Wildman–Crippen MR) is 175 cm³/mol. The normalized spacial score (nSPS) is 14.0. The fourth-order valence-electron chi connectivity index (χ4n) is 4.61. The number of carbonyl (C=O) groups is 1. The molecule has 0 aliphatic heterocycles. The third-order valence-electron chi connectivity index (χ3n) is 7.31. The van der Waals surface area contributed by atoms with Crippen LogP contribution in [0.25, 0.3) is 0 Å². The van der Waals surface area contributed by atoms with Crippen molar-refractivity contribution >= 4 is 13.6 Å².